The summed E-state index contributed by atoms with van der Waals surface area (Å²) >= 11 is 0. The predicted octanol–water partition coefficient (Wildman–Crippen LogP) is 4.12. The number of aryl methyl sites for hydroxylation is 1. The molecule has 0 aliphatic heterocycles. The van der Waals surface area contributed by atoms with Crippen LogP contribution in [0.3, 0.4) is 0 Å². The van der Waals surface area contributed by atoms with Crippen LogP contribution >= 0.6 is 0 Å². The molecule has 0 fully saturated rings. The summed E-state index contributed by atoms with van der Waals surface area (Å²) in [6.45, 7) is 6.10. The molecule has 1 aromatic rings. The normalized spacial score (nSPS) is 12.5. The molecule has 1 atom stereocenters. The summed E-state index contributed by atoms with van der Waals surface area (Å²) in [5.74, 6) is -0.133. The van der Waals surface area contributed by atoms with E-state index < -0.39 is 0 Å². The summed E-state index contributed by atoms with van der Waals surface area (Å²) in [6.07, 6.45) is 3.36. The predicted molar refractivity (Wildman–Crippen MR) is 63.7 cm³/mol. The summed E-state index contributed by atoms with van der Waals surface area (Å²) in [4.78, 5) is 0. The lowest BCUT2D eigenvalue weighted by molar-refractivity contribution is 0.610. The summed E-state index contributed by atoms with van der Waals surface area (Å²) in [7, 11) is 0. The minimum absolute atomic E-state index is 0.133. The van der Waals surface area contributed by atoms with Crippen LogP contribution in [0.5, 0.6) is 0 Å². The molecular weight excluding hydrogens is 189 g/mol. The second kappa shape index (κ2) is 5.74. The van der Waals surface area contributed by atoms with Crippen LogP contribution < -0.4 is 5.32 Å². The Morgan fingerprint density at radius 2 is 2.07 bits per heavy atom. The monoisotopic (exact) mass is 209 g/mol. The first-order chi connectivity index (χ1) is 7.17. The number of hydrogen-bond acceptors (Lipinski definition) is 1. The van der Waals surface area contributed by atoms with Crippen LogP contribution in [0, 0.1) is 12.7 Å². The maximum absolute atomic E-state index is 13.3. The molecule has 0 heterocycles. The van der Waals surface area contributed by atoms with E-state index in [4.69, 9.17) is 0 Å². The van der Waals surface area contributed by atoms with Gasteiger partial charge in [0, 0.05) is 11.7 Å². The molecule has 0 aliphatic rings. The summed E-state index contributed by atoms with van der Waals surface area (Å²) in [5, 5.41) is 3.36. The third-order valence-corrected chi connectivity index (χ3v) is 2.67. The highest BCUT2D eigenvalue weighted by Gasteiger charge is 2.05. The SMILES string of the molecule is CCCC(CC)Nc1ccc(C)c(F)c1. The smallest absolute Gasteiger partial charge is 0.128 e. The molecule has 0 bridgehead atoms. The molecule has 0 spiro atoms. The zero-order valence-electron chi connectivity index (χ0n) is 9.81. The maximum Gasteiger partial charge on any atom is 0.128 e. The highest BCUT2D eigenvalue weighted by atomic mass is 19.1. The van der Waals surface area contributed by atoms with Crippen molar-refractivity contribution in [2.24, 2.45) is 0 Å². The van der Waals surface area contributed by atoms with Crippen molar-refractivity contribution >= 4 is 5.69 Å². The van der Waals surface area contributed by atoms with Crippen molar-refractivity contribution in [3.8, 4) is 0 Å². The van der Waals surface area contributed by atoms with E-state index in [2.05, 4.69) is 19.2 Å². The second-order valence-corrected chi connectivity index (χ2v) is 4.00. The molecule has 0 radical (unpaired) electrons. The molecular formula is C13H20FN. The van der Waals surface area contributed by atoms with E-state index in [1.54, 1.807) is 13.0 Å². The van der Waals surface area contributed by atoms with Gasteiger partial charge in [-0.15, -0.1) is 0 Å². The summed E-state index contributed by atoms with van der Waals surface area (Å²) in [5.41, 5.74) is 1.59. The average Bonchev–Trinajstić information content (AvgIpc) is 2.23. The summed E-state index contributed by atoms with van der Waals surface area (Å²) in [6, 6.07) is 5.79. The van der Waals surface area contributed by atoms with E-state index in [0.717, 1.165) is 24.9 Å². The average molecular weight is 209 g/mol. The van der Waals surface area contributed by atoms with E-state index in [0.29, 0.717) is 11.6 Å². The van der Waals surface area contributed by atoms with Gasteiger partial charge in [-0.2, -0.15) is 0 Å². The molecule has 1 unspecified atom stereocenters. The fourth-order valence-corrected chi connectivity index (χ4v) is 1.65. The van der Waals surface area contributed by atoms with Gasteiger partial charge in [-0.25, -0.2) is 4.39 Å². The fourth-order valence-electron chi connectivity index (χ4n) is 1.65. The maximum atomic E-state index is 13.3. The van der Waals surface area contributed by atoms with E-state index in [9.17, 15) is 4.39 Å². The van der Waals surface area contributed by atoms with Gasteiger partial charge in [0.15, 0.2) is 0 Å². The van der Waals surface area contributed by atoms with Gasteiger partial charge in [-0.3, -0.25) is 0 Å². The molecule has 0 saturated heterocycles. The highest BCUT2D eigenvalue weighted by molar-refractivity contribution is 5.45. The molecule has 0 aliphatic carbocycles. The van der Waals surface area contributed by atoms with Gasteiger partial charge in [0.05, 0.1) is 0 Å². The van der Waals surface area contributed by atoms with Crippen molar-refractivity contribution in [3.05, 3.63) is 29.6 Å². The molecule has 0 aromatic heterocycles. The molecule has 1 nitrogen and oxygen atoms in total. The van der Waals surface area contributed by atoms with Gasteiger partial charge in [-0.05, 0) is 37.5 Å². The first kappa shape index (κ1) is 12.0. The first-order valence-electron chi connectivity index (χ1n) is 5.70. The third kappa shape index (κ3) is 3.54. The molecule has 2 heteroatoms. The molecule has 84 valence electrons. The molecule has 0 saturated carbocycles. The Balaban J connectivity index is 2.66. The number of rotatable bonds is 5. The number of anilines is 1. The van der Waals surface area contributed by atoms with Crippen LogP contribution in [0.2, 0.25) is 0 Å². The highest BCUT2D eigenvalue weighted by Crippen LogP contribution is 2.16. The Morgan fingerprint density at radius 1 is 1.33 bits per heavy atom. The van der Waals surface area contributed by atoms with Crippen molar-refractivity contribution < 1.29 is 4.39 Å². The minimum Gasteiger partial charge on any atom is -0.382 e. The lowest BCUT2D eigenvalue weighted by Crippen LogP contribution is -2.17. The summed E-state index contributed by atoms with van der Waals surface area (Å²) < 4.78 is 13.3. The van der Waals surface area contributed by atoms with Crippen LogP contribution in [0.25, 0.3) is 0 Å². The Hall–Kier alpha value is -1.05. The van der Waals surface area contributed by atoms with Crippen LogP contribution in [-0.2, 0) is 0 Å². The Morgan fingerprint density at radius 3 is 2.60 bits per heavy atom. The van der Waals surface area contributed by atoms with E-state index >= 15 is 0 Å². The fraction of sp³-hybridized carbons (Fsp3) is 0.538. The molecule has 1 N–H and O–H groups in total. The van der Waals surface area contributed by atoms with E-state index in [1.807, 2.05) is 12.1 Å². The molecule has 1 aromatic carbocycles. The molecule has 0 amide bonds. The van der Waals surface area contributed by atoms with Gasteiger partial charge < -0.3 is 5.32 Å². The van der Waals surface area contributed by atoms with Crippen molar-refractivity contribution in [1.29, 1.82) is 0 Å². The van der Waals surface area contributed by atoms with Crippen molar-refractivity contribution in [2.75, 3.05) is 5.32 Å². The lowest BCUT2D eigenvalue weighted by atomic mass is 10.1. The number of benzene rings is 1. The number of hydrogen-bond donors (Lipinski definition) is 1. The van der Waals surface area contributed by atoms with Crippen LogP contribution in [0.1, 0.15) is 38.7 Å². The quantitative estimate of drug-likeness (QED) is 0.769. The standard InChI is InChI=1S/C13H20FN/c1-4-6-11(5-2)15-12-8-7-10(3)13(14)9-12/h7-9,11,15H,4-6H2,1-3H3. The van der Waals surface area contributed by atoms with Gasteiger partial charge in [0.25, 0.3) is 0 Å². The number of halogens is 1. The first-order valence-corrected chi connectivity index (χ1v) is 5.70. The third-order valence-electron chi connectivity index (χ3n) is 2.67. The second-order valence-electron chi connectivity index (χ2n) is 4.00. The van der Waals surface area contributed by atoms with Crippen molar-refractivity contribution in [3.63, 3.8) is 0 Å². The van der Waals surface area contributed by atoms with Crippen LogP contribution in [0.15, 0.2) is 18.2 Å². The van der Waals surface area contributed by atoms with Gasteiger partial charge in [0.2, 0.25) is 0 Å². The van der Waals surface area contributed by atoms with Crippen molar-refractivity contribution in [2.45, 2.75) is 46.1 Å². The zero-order chi connectivity index (χ0) is 11.3. The van der Waals surface area contributed by atoms with E-state index in [1.165, 1.54) is 0 Å². The topological polar surface area (TPSA) is 12.0 Å². The van der Waals surface area contributed by atoms with Gasteiger partial charge in [-0.1, -0.05) is 26.3 Å². The molecule has 1 rings (SSSR count). The Bertz CT molecular complexity index is 309. The van der Waals surface area contributed by atoms with Crippen LogP contribution in [-0.4, -0.2) is 6.04 Å². The van der Waals surface area contributed by atoms with Crippen LogP contribution in [0.4, 0.5) is 10.1 Å². The van der Waals surface area contributed by atoms with Crippen molar-refractivity contribution in [1.82, 2.24) is 0 Å². The minimum atomic E-state index is -0.133. The molecule has 15 heavy (non-hydrogen) atoms. The number of nitrogens with one attached hydrogen (secondary N) is 1. The largest absolute Gasteiger partial charge is 0.382 e. The van der Waals surface area contributed by atoms with Gasteiger partial charge >= 0.3 is 0 Å². The van der Waals surface area contributed by atoms with E-state index in [-0.39, 0.29) is 5.82 Å². The Labute approximate surface area is 91.7 Å². The van der Waals surface area contributed by atoms with Gasteiger partial charge in [0.1, 0.15) is 5.82 Å². The zero-order valence-corrected chi connectivity index (χ0v) is 9.81. The Kier molecular flexibility index (Phi) is 4.60. The lowest BCUT2D eigenvalue weighted by Gasteiger charge is -2.17.